The van der Waals surface area contributed by atoms with Crippen molar-refractivity contribution in [2.75, 3.05) is 7.11 Å². The fraction of sp³-hybridized carbons (Fsp3) is 0.100. The van der Waals surface area contributed by atoms with E-state index in [4.69, 9.17) is 5.11 Å². The molecule has 6 heteroatoms. The smallest absolute Gasteiger partial charge is 0.384 e. The standard InChI is InChI=1S/C10H6FNO4/c1-16-8(13)3-2-7-9(11)6(10(14)15)4-5-12-7/h4-5H,1H3,(H,14,15). The number of carbonyl (C=O) groups is 2. The van der Waals surface area contributed by atoms with Crippen LogP contribution >= 0.6 is 0 Å². The average molecular weight is 223 g/mol. The molecule has 0 aliphatic rings. The molecule has 0 spiro atoms. The van der Waals surface area contributed by atoms with Gasteiger partial charge in [-0.2, -0.15) is 0 Å². The second kappa shape index (κ2) is 4.89. The molecular weight excluding hydrogens is 217 g/mol. The molecule has 0 aliphatic carbocycles. The van der Waals surface area contributed by atoms with Crippen molar-refractivity contribution in [1.29, 1.82) is 0 Å². The Morgan fingerprint density at radius 2 is 2.25 bits per heavy atom. The Balaban J connectivity index is 3.15. The molecule has 0 unspecified atom stereocenters. The third-order valence-corrected chi connectivity index (χ3v) is 1.59. The van der Waals surface area contributed by atoms with Gasteiger partial charge in [0.15, 0.2) is 5.82 Å². The second-order valence-electron chi connectivity index (χ2n) is 2.57. The first-order valence-electron chi connectivity index (χ1n) is 4.04. The Morgan fingerprint density at radius 3 is 2.81 bits per heavy atom. The van der Waals surface area contributed by atoms with Crippen LogP contribution in [0.2, 0.25) is 0 Å². The number of carboxylic acid groups (broad SMARTS) is 1. The van der Waals surface area contributed by atoms with Crippen LogP contribution in [0.15, 0.2) is 12.3 Å². The van der Waals surface area contributed by atoms with Gasteiger partial charge in [0.25, 0.3) is 0 Å². The van der Waals surface area contributed by atoms with E-state index in [2.05, 4.69) is 15.6 Å². The lowest BCUT2D eigenvalue weighted by molar-refractivity contribution is -0.133. The average Bonchev–Trinajstić information content (AvgIpc) is 2.26. The van der Waals surface area contributed by atoms with Crippen molar-refractivity contribution in [1.82, 2.24) is 4.98 Å². The molecule has 16 heavy (non-hydrogen) atoms. The maximum absolute atomic E-state index is 13.4. The number of nitrogens with zero attached hydrogens (tertiary/aromatic N) is 1. The minimum atomic E-state index is -1.43. The van der Waals surface area contributed by atoms with Crippen molar-refractivity contribution >= 4 is 11.9 Å². The number of methoxy groups -OCH3 is 1. The van der Waals surface area contributed by atoms with Crippen molar-refractivity contribution in [2.24, 2.45) is 0 Å². The molecule has 0 saturated carbocycles. The molecule has 1 N–H and O–H groups in total. The van der Waals surface area contributed by atoms with Gasteiger partial charge >= 0.3 is 11.9 Å². The molecule has 1 aromatic heterocycles. The molecule has 0 fully saturated rings. The monoisotopic (exact) mass is 223 g/mol. The number of hydrogen-bond donors (Lipinski definition) is 1. The van der Waals surface area contributed by atoms with E-state index >= 15 is 0 Å². The Labute approximate surface area is 89.9 Å². The zero-order chi connectivity index (χ0) is 12.1. The number of aromatic nitrogens is 1. The fourth-order valence-electron chi connectivity index (χ4n) is 0.857. The minimum absolute atomic E-state index is 0.412. The second-order valence-corrected chi connectivity index (χ2v) is 2.57. The number of carboxylic acids is 1. The Bertz CT molecular complexity index is 501. The normalized spacial score (nSPS) is 8.88. The van der Waals surface area contributed by atoms with Crippen LogP contribution in [0.1, 0.15) is 16.1 Å². The Hall–Kier alpha value is -2.42. The van der Waals surface area contributed by atoms with Gasteiger partial charge in [-0.15, -0.1) is 0 Å². The van der Waals surface area contributed by atoms with Gasteiger partial charge in [-0.05, 0) is 12.0 Å². The summed E-state index contributed by atoms with van der Waals surface area (Å²) in [5.74, 6) is 0.668. The predicted molar refractivity (Wildman–Crippen MR) is 50.0 cm³/mol. The SMILES string of the molecule is COC(=O)C#Cc1nccc(C(=O)O)c1F. The zero-order valence-electron chi connectivity index (χ0n) is 8.15. The van der Waals surface area contributed by atoms with Crippen molar-refractivity contribution in [3.8, 4) is 11.8 Å². The fourth-order valence-corrected chi connectivity index (χ4v) is 0.857. The summed E-state index contributed by atoms with van der Waals surface area (Å²) in [6, 6.07) is 1.00. The van der Waals surface area contributed by atoms with Crippen molar-refractivity contribution in [2.45, 2.75) is 0 Å². The van der Waals surface area contributed by atoms with Gasteiger partial charge in [-0.1, -0.05) is 0 Å². The molecule has 1 rings (SSSR count). The van der Waals surface area contributed by atoms with Gasteiger partial charge in [0.1, 0.15) is 5.69 Å². The first kappa shape index (κ1) is 11.7. The molecule has 82 valence electrons. The van der Waals surface area contributed by atoms with Crippen molar-refractivity contribution < 1.29 is 23.8 Å². The first-order valence-corrected chi connectivity index (χ1v) is 4.04. The maximum atomic E-state index is 13.4. The summed E-state index contributed by atoms with van der Waals surface area (Å²) in [7, 11) is 1.12. The van der Waals surface area contributed by atoms with Gasteiger partial charge < -0.3 is 9.84 Å². The van der Waals surface area contributed by atoms with Crippen LogP contribution in [0.3, 0.4) is 0 Å². The van der Waals surface area contributed by atoms with E-state index < -0.39 is 29.0 Å². The number of halogens is 1. The first-order chi connectivity index (χ1) is 7.56. The Kier molecular flexibility index (Phi) is 3.56. The number of carbonyl (C=O) groups excluding carboxylic acids is 1. The maximum Gasteiger partial charge on any atom is 0.384 e. The molecular formula is C10H6FNO4. The third-order valence-electron chi connectivity index (χ3n) is 1.59. The molecule has 1 heterocycles. The van der Waals surface area contributed by atoms with Crippen LogP contribution in [0.5, 0.6) is 0 Å². The number of hydrogen-bond acceptors (Lipinski definition) is 4. The summed E-state index contributed by atoms with van der Waals surface area (Å²) >= 11 is 0. The molecule has 0 aromatic carbocycles. The van der Waals surface area contributed by atoms with Crippen LogP contribution in [0.25, 0.3) is 0 Å². The summed E-state index contributed by atoms with van der Waals surface area (Å²) < 4.78 is 17.6. The molecule has 0 radical (unpaired) electrons. The highest BCUT2D eigenvalue weighted by Gasteiger charge is 2.13. The quantitative estimate of drug-likeness (QED) is 0.552. The molecule has 0 amide bonds. The van der Waals surface area contributed by atoms with Crippen LogP contribution in [0, 0.1) is 17.7 Å². The topological polar surface area (TPSA) is 76.5 Å². The molecule has 1 aromatic rings. The van der Waals surface area contributed by atoms with E-state index in [1.165, 1.54) is 0 Å². The van der Waals surface area contributed by atoms with E-state index in [0.717, 1.165) is 19.4 Å². The van der Waals surface area contributed by atoms with Crippen LogP contribution < -0.4 is 0 Å². The number of ether oxygens (including phenoxy) is 1. The number of rotatable bonds is 1. The lowest BCUT2D eigenvalue weighted by Crippen LogP contribution is -2.04. The molecule has 0 atom stereocenters. The number of aromatic carboxylic acids is 1. The number of esters is 1. The summed E-state index contributed by atoms with van der Waals surface area (Å²) in [5.41, 5.74) is -0.963. The number of pyridine rings is 1. The van der Waals surface area contributed by atoms with Gasteiger partial charge in [0.05, 0.1) is 12.7 Å². The van der Waals surface area contributed by atoms with Gasteiger partial charge in [-0.25, -0.2) is 19.0 Å². The van der Waals surface area contributed by atoms with Crippen LogP contribution in [0.4, 0.5) is 4.39 Å². The highest BCUT2D eigenvalue weighted by atomic mass is 19.1. The highest BCUT2D eigenvalue weighted by Crippen LogP contribution is 2.09. The van der Waals surface area contributed by atoms with Crippen LogP contribution in [-0.2, 0) is 9.53 Å². The van der Waals surface area contributed by atoms with Crippen molar-refractivity contribution in [3.05, 3.63) is 29.3 Å². The van der Waals surface area contributed by atoms with Crippen molar-refractivity contribution in [3.63, 3.8) is 0 Å². The highest BCUT2D eigenvalue weighted by molar-refractivity contribution is 5.90. The molecule has 0 saturated heterocycles. The molecule has 5 nitrogen and oxygen atoms in total. The minimum Gasteiger partial charge on any atom is -0.478 e. The van der Waals surface area contributed by atoms with Gasteiger partial charge in [0, 0.05) is 12.1 Å². The van der Waals surface area contributed by atoms with E-state index in [-0.39, 0.29) is 0 Å². The summed E-state index contributed by atoms with van der Waals surface area (Å²) in [6.45, 7) is 0. The van der Waals surface area contributed by atoms with Gasteiger partial charge in [0.2, 0.25) is 0 Å². The third kappa shape index (κ3) is 2.54. The summed E-state index contributed by atoms with van der Waals surface area (Å²) in [4.78, 5) is 24.7. The van der Waals surface area contributed by atoms with E-state index in [0.29, 0.717) is 0 Å². The van der Waals surface area contributed by atoms with E-state index in [1.807, 2.05) is 5.92 Å². The zero-order valence-corrected chi connectivity index (χ0v) is 8.15. The van der Waals surface area contributed by atoms with Crippen LogP contribution in [-0.4, -0.2) is 29.1 Å². The van der Waals surface area contributed by atoms with E-state index in [9.17, 15) is 14.0 Å². The van der Waals surface area contributed by atoms with E-state index in [1.54, 1.807) is 0 Å². The lowest BCUT2D eigenvalue weighted by atomic mass is 10.2. The van der Waals surface area contributed by atoms with Gasteiger partial charge in [-0.3, -0.25) is 0 Å². The lowest BCUT2D eigenvalue weighted by Gasteiger charge is -1.97. The Morgan fingerprint density at radius 1 is 1.56 bits per heavy atom. The predicted octanol–water partition coefficient (Wildman–Crippen LogP) is 0.443. The molecule has 0 bridgehead atoms. The largest absolute Gasteiger partial charge is 0.478 e. The molecule has 0 aliphatic heterocycles. The summed E-state index contributed by atoms with van der Waals surface area (Å²) in [5, 5.41) is 8.61. The summed E-state index contributed by atoms with van der Waals surface area (Å²) in [6.07, 6.45) is 1.09.